The van der Waals surface area contributed by atoms with Gasteiger partial charge in [-0.1, -0.05) is 12.1 Å². The number of ketones is 1. The Kier molecular flexibility index (Phi) is 5.53. The second-order valence-corrected chi connectivity index (χ2v) is 7.22. The summed E-state index contributed by atoms with van der Waals surface area (Å²) in [5, 5.41) is 0. The summed E-state index contributed by atoms with van der Waals surface area (Å²) >= 11 is 0. The van der Waals surface area contributed by atoms with Crippen molar-refractivity contribution in [1.82, 2.24) is 19.9 Å². The number of para-hydroxylation sites is 2. The summed E-state index contributed by atoms with van der Waals surface area (Å²) in [5.41, 5.74) is 2.93. The zero-order valence-electron chi connectivity index (χ0n) is 15.4. The van der Waals surface area contributed by atoms with Crippen LogP contribution >= 0.6 is 0 Å². The molecule has 0 aliphatic carbocycles. The fourth-order valence-electron chi connectivity index (χ4n) is 3.75. The van der Waals surface area contributed by atoms with Gasteiger partial charge < -0.3 is 4.42 Å². The molecule has 140 valence electrons. The van der Waals surface area contributed by atoms with Crippen molar-refractivity contribution >= 4 is 16.8 Å². The Hall–Kier alpha value is -2.60. The van der Waals surface area contributed by atoms with E-state index in [9.17, 15) is 4.79 Å². The van der Waals surface area contributed by atoms with Crippen LogP contribution in [-0.4, -0.2) is 38.7 Å². The minimum Gasteiger partial charge on any atom is -0.442 e. The first-order valence-electron chi connectivity index (χ1n) is 9.63. The molecule has 0 unspecified atom stereocenters. The molecule has 6 heteroatoms. The van der Waals surface area contributed by atoms with Gasteiger partial charge in [-0.15, -0.1) is 0 Å². The van der Waals surface area contributed by atoms with Crippen molar-refractivity contribution in [3.63, 3.8) is 0 Å². The largest absolute Gasteiger partial charge is 0.442 e. The molecule has 1 aliphatic rings. The highest BCUT2D eigenvalue weighted by molar-refractivity contribution is 5.91. The van der Waals surface area contributed by atoms with Crippen LogP contribution in [0.1, 0.15) is 48.5 Å². The van der Waals surface area contributed by atoms with Gasteiger partial charge in [0.1, 0.15) is 6.26 Å². The summed E-state index contributed by atoms with van der Waals surface area (Å²) in [6, 6.07) is 7.99. The molecule has 2 aromatic heterocycles. The minimum atomic E-state index is 0.00677. The molecule has 0 amide bonds. The predicted molar refractivity (Wildman–Crippen MR) is 102 cm³/mol. The first-order valence-corrected chi connectivity index (χ1v) is 9.63. The van der Waals surface area contributed by atoms with E-state index < -0.39 is 0 Å². The summed E-state index contributed by atoms with van der Waals surface area (Å²) in [7, 11) is 0. The Bertz CT molecular complexity index is 886. The van der Waals surface area contributed by atoms with E-state index in [1.165, 1.54) is 25.3 Å². The third-order valence-electron chi connectivity index (χ3n) is 5.28. The molecule has 0 bridgehead atoms. The highest BCUT2D eigenvalue weighted by Gasteiger charge is 2.20. The van der Waals surface area contributed by atoms with Crippen molar-refractivity contribution in [2.75, 3.05) is 13.1 Å². The number of piperidine rings is 1. The Morgan fingerprint density at radius 2 is 1.96 bits per heavy atom. The maximum absolute atomic E-state index is 11.9. The van der Waals surface area contributed by atoms with E-state index in [2.05, 4.69) is 14.9 Å². The number of carbonyl (C=O) groups excluding carboxylic acids is 1. The summed E-state index contributed by atoms with van der Waals surface area (Å²) in [5.74, 6) is 0.940. The Morgan fingerprint density at radius 1 is 1.15 bits per heavy atom. The Labute approximate surface area is 158 Å². The van der Waals surface area contributed by atoms with Gasteiger partial charge in [0.05, 0.1) is 29.1 Å². The third kappa shape index (κ3) is 4.57. The number of Topliss-reactive ketones (excluding diaryl/α,β-unsaturated/α-hetero) is 1. The molecular weight excluding hydrogens is 340 g/mol. The van der Waals surface area contributed by atoms with Crippen LogP contribution in [0.25, 0.3) is 11.0 Å². The molecule has 0 N–H and O–H groups in total. The number of hydrogen-bond donors (Lipinski definition) is 0. The van der Waals surface area contributed by atoms with Crippen LogP contribution in [0.2, 0.25) is 0 Å². The average molecular weight is 364 g/mol. The lowest BCUT2D eigenvalue weighted by Crippen LogP contribution is -2.33. The molecule has 6 nitrogen and oxygen atoms in total. The van der Waals surface area contributed by atoms with E-state index >= 15 is 0 Å². The maximum Gasteiger partial charge on any atom is 0.263 e. The SMILES string of the molecule is O=C(CCCC1CCN(Cc2cnc3ccccc3n2)CC1)c1ncco1. The second-order valence-electron chi connectivity index (χ2n) is 7.22. The Balaban J connectivity index is 1.21. The molecule has 3 heterocycles. The number of fused-ring (bicyclic) bond motifs is 1. The van der Waals surface area contributed by atoms with E-state index in [4.69, 9.17) is 9.40 Å². The van der Waals surface area contributed by atoms with Crippen molar-refractivity contribution in [2.45, 2.75) is 38.6 Å². The van der Waals surface area contributed by atoms with Gasteiger partial charge >= 0.3 is 0 Å². The van der Waals surface area contributed by atoms with E-state index in [0.717, 1.165) is 49.2 Å². The molecule has 4 rings (SSSR count). The van der Waals surface area contributed by atoms with E-state index in [1.807, 2.05) is 30.5 Å². The van der Waals surface area contributed by atoms with Gasteiger partial charge in [-0.3, -0.25) is 14.7 Å². The quantitative estimate of drug-likeness (QED) is 0.592. The zero-order chi connectivity index (χ0) is 18.5. The minimum absolute atomic E-state index is 0.00677. The number of rotatable bonds is 7. The summed E-state index contributed by atoms with van der Waals surface area (Å²) in [6.07, 6.45) is 9.72. The van der Waals surface area contributed by atoms with Crippen LogP contribution < -0.4 is 0 Å². The van der Waals surface area contributed by atoms with Gasteiger partial charge in [-0.2, -0.15) is 0 Å². The lowest BCUT2D eigenvalue weighted by atomic mass is 9.91. The summed E-state index contributed by atoms with van der Waals surface area (Å²) in [4.78, 5) is 27.5. The molecule has 1 aliphatic heterocycles. The van der Waals surface area contributed by atoms with Gasteiger partial charge in [-0.25, -0.2) is 9.97 Å². The number of benzene rings is 1. The normalized spacial score (nSPS) is 16.0. The Morgan fingerprint density at radius 3 is 2.74 bits per heavy atom. The highest BCUT2D eigenvalue weighted by Crippen LogP contribution is 2.24. The molecule has 3 aromatic rings. The summed E-state index contributed by atoms with van der Waals surface area (Å²) in [6.45, 7) is 3.01. The first-order chi connectivity index (χ1) is 13.3. The molecule has 0 saturated carbocycles. The van der Waals surface area contributed by atoms with Crippen LogP contribution in [0.15, 0.2) is 47.3 Å². The average Bonchev–Trinajstić information content (AvgIpc) is 3.24. The zero-order valence-corrected chi connectivity index (χ0v) is 15.4. The van der Waals surface area contributed by atoms with Crippen molar-refractivity contribution in [3.8, 4) is 0 Å². The van der Waals surface area contributed by atoms with Crippen LogP contribution in [-0.2, 0) is 6.54 Å². The molecule has 27 heavy (non-hydrogen) atoms. The number of nitrogens with zero attached hydrogens (tertiary/aromatic N) is 4. The van der Waals surface area contributed by atoms with Crippen molar-refractivity contribution in [2.24, 2.45) is 5.92 Å². The van der Waals surface area contributed by atoms with Gasteiger partial charge in [0.2, 0.25) is 5.78 Å². The molecule has 0 spiro atoms. The smallest absolute Gasteiger partial charge is 0.263 e. The first kappa shape index (κ1) is 17.8. The number of oxazole rings is 1. The standard InChI is InChI=1S/C21H24N4O2/c26-20(21-22-10-13-27-21)7-3-4-16-8-11-25(12-9-16)15-17-14-23-18-5-1-2-6-19(18)24-17/h1-2,5-6,10,13-14,16H,3-4,7-9,11-12,15H2. The van der Waals surface area contributed by atoms with Crippen molar-refractivity contribution < 1.29 is 9.21 Å². The summed E-state index contributed by atoms with van der Waals surface area (Å²) < 4.78 is 5.06. The van der Waals surface area contributed by atoms with Gasteiger partial charge in [0.25, 0.3) is 5.89 Å². The fourth-order valence-corrected chi connectivity index (χ4v) is 3.75. The van der Waals surface area contributed by atoms with Crippen LogP contribution in [0.3, 0.4) is 0 Å². The number of hydrogen-bond acceptors (Lipinski definition) is 6. The lowest BCUT2D eigenvalue weighted by Gasteiger charge is -2.31. The molecule has 1 fully saturated rings. The molecule has 1 aromatic carbocycles. The molecular formula is C21H24N4O2. The van der Waals surface area contributed by atoms with Crippen LogP contribution in [0.5, 0.6) is 0 Å². The lowest BCUT2D eigenvalue weighted by molar-refractivity contribution is 0.0940. The predicted octanol–water partition coefficient (Wildman–Crippen LogP) is 3.88. The highest BCUT2D eigenvalue weighted by atomic mass is 16.3. The molecule has 0 atom stereocenters. The maximum atomic E-state index is 11.9. The number of carbonyl (C=O) groups is 1. The van der Waals surface area contributed by atoms with E-state index in [-0.39, 0.29) is 11.7 Å². The van der Waals surface area contributed by atoms with Crippen molar-refractivity contribution in [1.29, 1.82) is 0 Å². The molecule has 1 saturated heterocycles. The fraction of sp³-hybridized carbons (Fsp3) is 0.429. The second kappa shape index (κ2) is 8.39. The van der Waals surface area contributed by atoms with Gasteiger partial charge in [0, 0.05) is 13.0 Å². The topological polar surface area (TPSA) is 72.1 Å². The monoisotopic (exact) mass is 364 g/mol. The number of likely N-dealkylation sites (tertiary alicyclic amines) is 1. The third-order valence-corrected chi connectivity index (χ3v) is 5.28. The van der Waals surface area contributed by atoms with E-state index in [1.54, 1.807) is 0 Å². The van der Waals surface area contributed by atoms with E-state index in [0.29, 0.717) is 12.3 Å². The van der Waals surface area contributed by atoms with Gasteiger partial charge in [0.15, 0.2) is 0 Å². The van der Waals surface area contributed by atoms with Gasteiger partial charge in [-0.05, 0) is 56.8 Å². The number of aromatic nitrogens is 3. The molecule has 0 radical (unpaired) electrons. The van der Waals surface area contributed by atoms with Crippen LogP contribution in [0.4, 0.5) is 0 Å². The van der Waals surface area contributed by atoms with Crippen LogP contribution in [0, 0.1) is 5.92 Å². The van der Waals surface area contributed by atoms with Crippen molar-refractivity contribution in [3.05, 3.63) is 54.5 Å².